The molecule has 5 aromatic carbocycles. The number of aliphatic hydroxyl groups is 2. The topological polar surface area (TPSA) is 86.2 Å². The lowest BCUT2D eigenvalue weighted by molar-refractivity contribution is -0.168. The zero-order chi connectivity index (χ0) is 43.5. The predicted octanol–water partition coefficient (Wildman–Crippen LogP) is 9.21. The van der Waals surface area contributed by atoms with Crippen molar-refractivity contribution in [2.24, 2.45) is 0 Å². The number of rotatable bonds is 10. The number of alkyl halides is 1. The Bertz CT molecular complexity index is 2040. The van der Waals surface area contributed by atoms with Crippen LogP contribution in [0.15, 0.2) is 140 Å². The maximum Gasteiger partial charge on any atom is 0.123 e. The van der Waals surface area contributed by atoms with E-state index in [1.54, 1.807) is 24.3 Å². The molecule has 1 unspecified atom stereocenters. The minimum absolute atomic E-state index is 0. The fourth-order valence-electron chi connectivity index (χ4n) is 7.75. The van der Waals surface area contributed by atoms with E-state index in [0.29, 0.717) is 39.1 Å². The maximum atomic E-state index is 13.3. The van der Waals surface area contributed by atoms with Crippen molar-refractivity contribution >= 4 is 38.8 Å². The molecule has 0 radical (unpaired) electrons. The predicted molar refractivity (Wildman–Crippen MR) is 250 cm³/mol. The summed E-state index contributed by atoms with van der Waals surface area (Å²) in [5.74, 6) is -0.738. The molecule has 7 nitrogen and oxygen atoms in total. The third kappa shape index (κ3) is 14.2. The van der Waals surface area contributed by atoms with Crippen LogP contribution in [0, 0.1) is 17.5 Å². The highest BCUT2D eigenvalue weighted by Gasteiger charge is 2.45. The smallest absolute Gasteiger partial charge is 0.123 e. The number of ether oxygens (including phenoxy) is 2. The molecular formula is C49H59Cl2F3N3O4P. The van der Waals surface area contributed by atoms with Gasteiger partial charge in [-0.1, -0.05) is 103 Å². The summed E-state index contributed by atoms with van der Waals surface area (Å²) in [6.45, 7) is 5.35. The Kier molecular flexibility index (Phi) is 21.6. The van der Waals surface area contributed by atoms with Gasteiger partial charge in [0.15, 0.2) is 0 Å². The molecule has 3 aliphatic rings. The van der Waals surface area contributed by atoms with Crippen LogP contribution in [0.5, 0.6) is 0 Å². The minimum atomic E-state index is -0.806. The minimum Gasteiger partial charge on any atom is -0.388 e. The first-order valence-corrected chi connectivity index (χ1v) is 22.2. The number of halogens is 5. The maximum absolute atomic E-state index is 13.3. The number of nitrogens with zero attached hydrogens (tertiary/aromatic N) is 1. The Hall–Kier alpha value is -3.64. The molecular weight excluding hydrogens is 853 g/mol. The average Bonchev–Trinajstić information content (AvgIpc) is 3.31. The van der Waals surface area contributed by atoms with Gasteiger partial charge in [0.25, 0.3) is 0 Å². The summed E-state index contributed by atoms with van der Waals surface area (Å²) in [5.41, 5.74) is 4.61. The largest absolute Gasteiger partial charge is 0.388 e. The van der Waals surface area contributed by atoms with E-state index in [1.807, 2.05) is 72.8 Å². The quantitative estimate of drug-likeness (QED) is 0.0822. The molecule has 2 saturated heterocycles. The van der Waals surface area contributed by atoms with E-state index >= 15 is 0 Å². The number of nitrogens with one attached hydrogen (secondary N) is 2. The van der Waals surface area contributed by atoms with Crippen molar-refractivity contribution in [3.8, 4) is 0 Å². The molecule has 3 aliphatic heterocycles. The summed E-state index contributed by atoms with van der Waals surface area (Å²) in [4.78, 5) is 2.17. The number of β-amino-alcohol motifs (C(OH)–C–C–N with tert-alkyl or cyclic N) is 2. The molecule has 0 aliphatic carbocycles. The van der Waals surface area contributed by atoms with Gasteiger partial charge in [0.1, 0.15) is 28.7 Å². The van der Waals surface area contributed by atoms with Gasteiger partial charge in [-0.3, -0.25) is 4.90 Å². The molecule has 4 N–H and O–H groups in total. The molecule has 8 rings (SSSR count). The van der Waals surface area contributed by atoms with Crippen molar-refractivity contribution in [2.45, 2.75) is 55.9 Å². The van der Waals surface area contributed by atoms with E-state index in [-0.39, 0.29) is 29.9 Å². The summed E-state index contributed by atoms with van der Waals surface area (Å²) >= 11 is 4.64. The van der Waals surface area contributed by atoms with Crippen molar-refractivity contribution in [2.75, 3.05) is 51.9 Å². The first-order chi connectivity index (χ1) is 29.7. The van der Waals surface area contributed by atoms with Gasteiger partial charge in [0.05, 0.1) is 25.4 Å². The van der Waals surface area contributed by atoms with Gasteiger partial charge < -0.3 is 30.3 Å². The second-order valence-electron chi connectivity index (χ2n) is 15.0. The van der Waals surface area contributed by atoms with E-state index in [1.165, 1.54) is 48.4 Å². The zero-order valence-electron chi connectivity index (χ0n) is 35.1. The van der Waals surface area contributed by atoms with Crippen LogP contribution in [0.2, 0.25) is 0 Å². The molecule has 0 saturated carbocycles. The van der Waals surface area contributed by atoms with Crippen LogP contribution >= 0.6 is 33.2 Å². The Labute approximate surface area is 378 Å². The van der Waals surface area contributed by atoms with Crippen LogP contribution in [0.25, 0.3) is 5.57 Å². The standard InChI is InChI=1S/C19H23FNO2P.C18H20FNO2.C11H12FN.CH3Cl.ClH/c20-17-8-6-16(7-9-17)19(10-11-21(14-24)12-18(19)22)23-13-15-4-2-1-3-5-15;19-16-8-6-15(7-9-16)18(10-11-20-12-17(18)21)22-13-14-4-2-1-3-5-14;12-11-3-1-9(2-4-11)10-5-7-13-8-6-10;1-2;/h1-9,18,22H,10-14,24H2;1-9,17,20-21H,10-13H2;1-5,13H,6-8H2;1H3;1H/t18-,19-;17-,18-;;;/m11.../s1. The summed E-state index contributed by atoms with van der Waals surface area (Å²) < 4.78 is 51.6. The molecule has 334 valence electrons. The fraction of sp³-hybridized carbons (Fsp3) is 0.347. The summed E-state index contributed by atoms with van der Waals surface area (Å²) in [6, 6.07) is 39.0. The van der Waals surface area contributed by atoms with E-state index in [9.17, 15) is 23.4 Å². The highest BCUT2D eigenvalue weighted by molar-refractivity contribution is 7.16. The third-order valence-corrected chi connectivity index (χ3v) is 11.7. The van der Waals surface area contributed by atoms with Crippen molar-refractivity contribution in [1.29, 1.82) is 0 Å². The first kappa shape index (κ1) is 51.0. The van der Waals surface area contributed by atoms with E-state index < -0.39 is 23.4 Å². The SMILES string of the molecule is CCl.Cl.Fc1ccc(C2=CCNCC2)cc1.O[C@@H]1CN(CP)CC[C@@]1(OCc1ccccc1)c1ccc(F)cc1.O[C@@H]1CNCC[C@@]1(OCc1ccccc1)c1ccc(F)cc1. The second kappa shape index (κ2) is 26.2. The summed E-state index contributed by atoms with van der Waals surface area (Å²) in [5, 5.41) is 27.8. The van der Waals surface area contributed by atoms with Crippen molar-refractivity contribution in [1.82, 2.24) is 15.5 Å². The Morgan fingerprint density at radius 1 is 0.661 bits per heavy atom. The van der Waals surface area contributed by atoms with Gasteiger partial charge in [-0.15, -0.1) is 33.2 Å². The number of hydrogen-bond donors (Lipinski definition) is 4. The summed E-state index contributed by atoms with van der Waals surface area (Å²) in [7, 11) is 2.69. The Balaban J connectivity index is 0.000000206. The second-order valence-corrected chi connectivity index (χ2v) is 15.4. The lowest BCUT2D eigenvalue weighted by Crippen LogP contribution is -2.54. The van der Waals surface area contributed by atoms with Crippen molar-refractivity contribution in [3.05, 3.63) is 185 Å². The van der Waals surface area contributed by atoms with Crippen molar-refractivity contribution in [3.63, 3.8) is 0 Å². The highest BCUT2D eigenvalue weighted by atomic mass is 35.5. The normalized spacial score (nSPS) is 22.2. The molecule has 0 amide bonds. The molecule has 13 heteroatoms. The molecule has 3 heterocycles. The van der Waals surface area contributed by atoms with Gasteiger partial charge >= 0.3 is 0 Å². The molecule has 0 aromatic heterocycles. The zero-order valence-corrected chi connectivity index (χ0v) is 37.8. The van der Waals surface area contributed by atoms with Gasteiger partial charge in [-0.25, -0.2) is 13.2 Å². The van der Waals surface area contributed by atoms with Gasteiger partial charge in [0, 0.05) is 38.8 Å². The van der Waals surface area contributed by atoms with Gasteiger partial charge in [-0.2, -0.15) is 0 Å². The van der Waals surface area contributed by atoms with E-state index in [0.717, 1.165) is 66.7 Å². The third-order valence-electron chi connectivity index (χ3n) is 11.2. The first-order valence-electron chi connectivity index (χ1n) is 20.6. The van der Waals surface area contributed by atoms with Crippen LogP contribution in [0.3, 0.4) is 0 Å². The average molecular weight is 913 g/mol. The van der Waals surface area contributed by atoms with Crippen LogP contribution in [-0.4, -0.2) is 79.3 Å². The van der Waals surface area contributed by atoms with E-state index in [2.05, 4.69) is 42.5 Å². The lowest BCUT2D eigenvalue weighted by Gasteiger charge is -2.45. The van der Waals surface area contributed by atoms with Crippen LogP contribution in [0.1, 0.15) is 47.1 Å². The number of piperidine rings is 2. The summed E-state index contributed by atoms with van der Waals surface area (Å²) in [6.07, 6.45) is 5.46. The lowest BCUT2D eigenvalue weighted by atomic mass is 9.81. The molecule has 0 spiro atoms. The molecule has 2 fully saturated rings. The monoisotopic (exact) mass is 911 g/mol. The van der Waals surface area contributed by atoms with Gasteiger partial charge in [-0.05, 0) is 102 Å². The van der Waals surface area contributed by atoms with E-state index in [4.69, 9.17) is 9.47 Å². The number of aliphatic hydroxyl groups excluding tert-OH is 2. The number of benzene rings is 5. The van der Waals surface area contributed by atoms with Gasteiger partial charge in [0.2, 0.25) is 0 Å². The molecule has 5 atom stereocenters. The fourth-order valence-corrected chi connectivity index (χ4v) is 8.08. The molecule has 62 heavy (non-hydrogen) atoms. The molecule has 0 bridgehead atoms. The highest BCUT2D eigenvalue weighted by Crippen LogP contribution is 2.39. The van der Waals surface area contributed by atoms with Crippen LogP contribution < -0.4 is 10.6 Å². The van der Waals surface area contributed by atoms with Crippen molar-refractivity contribution < 1.29 is 32.9 Å². The number of hydrogen-bond acceptors (Lipinski definition) is 7. The Morgan fingerprint density at radius 2 is 1.15 bits per heavy atom. The Morgan fingerprint density at radius 3 is 1.58 bits per heavy atom. The molecule has 5 aromatic rings. The number of likely N-dealkylation sites (tertiary alicyclic amines) is 1. The van der Waals surface area contributed by atoms with Crippen LogP contribution in [0.4, 0.5) is 13.2 Å². The van der Waals surface area contributed by atoms with Crippen LogP contribution in [-0.2, 0) is 33.9 Å².